The highest BCUT2D eigenvalue weighted by Crippen LogP contribution is 2.25. The predicted molar refractivity (Wildman–Crippen MR) is 78.0 cm³/mol. The molecule has 21 heavy (non-hydrogen) atoms. The number of nitrogens with two attached hydrogens (primary N) is 2. The molecular formula is C14H17FN4O2. The quantitative estimate of drug-likeness (QED) is 0.744. The zero-order valence-corrected chi connectivity index (χ0v) is 11.6. The molecule has 0 radical (unpaired) electrons. The molecule has 0 amide bonds. The summed E-state index contributed by atoms with van der Waals surface area (Å²) in [5, 5.41) is 13.3. The first kappa shape index (κ1) is 15.1. The van der Waals surface area contributed by atoms with Crippen LogP contribution in [-0.4, -0.2) is 21.5 Å². The summed E-state index contributed by atoms with van der Waals surface area (Å²) in [6, 6.07) is 4.41. The molecule has 0 spiro atoms. The molecule has 1 aromatic carbocycles. The van der Waals surface area contributed by atoms with Crippen molar-refractivity contribution in [2.24, 2.45) is 12.8 Å². The summed E-state index contributed by atoms with van der Waals surface area (Å²) in [5.74, 6) is -0.400. The molecule has 0 saturated heterocycles. The SMILES string of the molecule is Cn1nc(-c2ccc(F)c(CN)c2)c(CCO)c(N)c1=O. The number of nitrogen functional groups attached to an aromatic ring is 1. The van der Waals surface area contributed by atoms with Crippen LogP contribution in [0.1, 0.15) is 11.1 Å². The van der Waals surface area contributed by atoms with Crippen molar-refractivity contribution >= 4 is 5.69 Å². The van der Waals surface area contributed by atoms with E-state index in [4.69, 9.17) is 16.6 Å². The average molecular weight is 292 g/mol. The molecule has 0 atom stereocenters. The van der Waals surface area contributed by atoms with Crippen LogP contribution in [-0.2, 0) is 20.0 Å². The molecule has 0 aliphatic rings. The topological polar surface area (TPSA) is 107 Å². The maximum atomic E-state index is 13.5. The van der Waals surface area contributed by atoms with E-state index in [1.807, 2.05) is 0 Å². The second-order valence-electron chi connectivity index (χ2n) is 4.65. The first-order chi connectivity index (χ1) is 9.99. The van der Waals surface area contributed by atoms with Crippen molar-refractivity contribution < 1.29 is 9.50 Å². The van der Waals surface area contributed by atoms with E-state index in [9.17, 15) is 9.18 Å². The molecule has 5 N–H and O–H groups in total. The van der Waals surface area contributed by atoms with Crippen molar-refractivity contribution in [1.82, 2.24) is 9.78 Å². The Morgan fingerprint density at radius 1 is 1.43 bits per heavy atom. The Hall–Kier alpha value is -2.25. The number of benzene rings is 1. The van der Waals surface area contributed by atoms with Gasteiger partial charge in [-0.15, -0.1) is 0 Å². The van der Waals surface area contributed by atoms with E-state index in [1.54, 1.807) is 12.1 Å². The molecule has 0 aliphatic carbocycles. The molecule has 0 fully saturated rings. The molecule has 0 saturated carbocycles. The van der Waals surface area contributed by atoms with Gasteiger partial charge in [-0.25, -0.2) is 9.07 Å². The smallest absolute Gasteiger partial charge is 0.289 e. The first-order valence-corrected chi connectivity index (χ1v) is 6.45. The number of anilines is 1. The predicted octanol–water partition coefficient (Wildman–Crippen LogP) is 0.162. The minimum atomic E-state index is -0.427. The largest absolute Gasteiger partial charge is 0.396 e. The Labute approximate surface area is 120 Å². The van der Waals surface area contributed by atoms with Crippen LogP contribution < -0.4 is 17.0 Å². The highest BCUT2D eigenvalue weighted by Gasteiger charge is 2.16. The van der Waals surface area contributed by atoms with Gasteiger partial charge in [0.05, 0.1) is 5.69 Å². The standard InChI is InChI=1S/C14H17FN4O2/c1-19-14(21)12(17)10(4-5-20)13(18-19)8-2-3-11(15)9(6-8)7-16/h2-3,6,20H,4-5,7,16-17H2,1H3. The van der Waals surface area contributed by atoms with E-state index in [0.29, 0.717) is 22.4 Å². The van der Waals surface area contributed by atoms with Gasteiger partial charge in [0.2, 0.25) is 0 Å². The van der Waals surface area contributed by atoms with E-state index < -0.39 is 11.4 Å². The number of hydrogen-bond acceptors (Lipinski definition) is 5. The van der Waals surface area contributed by atoms with E-state index in [1.165, 1.54) is 13.1 Å². The fourth-order valence-corrected chi connectivity index (χ4v) is 2.16. The van der Waals surface area contributed by atoms with Gasteiger partial charge >= 0.3 is 0 Å². The zero-order chi connectivity index (χ0) is 15.6. The van der Waals surface area contributed by atoms with Gasteiger partial charge in [0, 0.05) is 36.9 Å². The minimum absolute atomic E-state index is 0.0372. The molecule has 0 bridgehead atoms. The van der Waals surface area contributed by atoms with Crippen LogP contribution in [0.25, 0.3) is 11.3 Å². The molecule has 2 rings (SSSR count). The number of rotatable bonds is 4. The van der Waals surface area contributed by atoms with E-state index in [-0.39, 0.29) is 25.3 Å². The average Bonchev–Trinajstić information content (AvgIpc) is 2.48. The Morgan fingerprint density at radius 3 is 2.76 bits per heavy atom. The lowest BCUT2D eigenvalue weighted by Crippen LogP contribution is -2.26. The molecule has 6 nitrogen and oxygen atoms in total. The first-order valence-electron chi connectivity index (χ1n) is 6.45. The highest BCUT2D eigenvalue weighted by atomic mass is 19.1. The molecular weight excluding hydrogens is 275 g/mol. The zero-order valence-electron chi connectivity index (χ0n) is 11.6. The molecule has 2 aromatic rings. The van der Waals surface area contributed by atoms with E-state index >= 15 is 0 Å². The Balaban J connectivity index is 2.70. The van der Waals surface area contributed by atoms with Crippen LogP contribution in [0.5, 0.6) is 0 Å². The molecule has 1 aromatic heterocycles. The van der Waals surface area contributed by atoms with Gasteiger partial charge in [0.15, 0.2) is 0 Å². The number of nitrogens with zero attached hydrogens (tertiary/aromatic N) is 2. The van der Waals surface area contributed by atoms with Gasteiger partial charge in [-0.2, -0.15) is 5.10 Å². The van der Waals surface area contributed by atoms with Crippen LogP contribution in [0.15, 0.2) is 23.0 Å². The van der Waals surface area contributed by atoms with Gasteiger partial charge in [-0.3, -0.25) is 4.79 Å². The van der Waals surface area contributed by atoms with Crippen LogP contribution in [0.2, 0.25) is 0 Å². The number of aromatic nitrogens is 2. The van der Waals surface area contributed by atoms with Crippen LogP contribution in [0.4, 0.5) is 10.1 Å². The van der Waals surface area contributed by atoms with Crippen molar-refractivity contribution in [3.05, 3.63) is 45.5 Å². The highest BCUT2D eigenvalue weighted by molar-refractivity contribution is 5.69. The molecule has 0 unspecified atom stereocenters. The van der Waals surface area contributed by atoms with Gasteiger partial charge in [0.25, 0.3) is 5.56 Å². The van der Waals surface area contributed by atoms with Crippen LogP contribution in [0, 0.1) is 5.82 Å². The lowest BCUT2D eigenvalue weighted by molar-refractivity contribution is 0.299. The van der Waals surface area contributed by atoms with Gasteiger partial charge in [0.1, 0.15) is 11.5 Å². The fraction of sp³-hybridized carbons (Fsp3) is 0.286. The summed E-state index contributed by atoms with van der Waals surface area (Å²) in [6.07, 6.45) is 0.194. The number of aryl methyl sites for hydroxylation is 1. The van der Waals surface area contributed by atoms with Gasteiger partial charge in [-0.1, -0.05) is 0 Å². The van der Waals surface area contributed by atoms with E-state index in [2.05, 4.69) is 5.10 Å². The monoisotopic (exact) mass is 292 g/mol. The van der Waals surface area contributed by atoms with E-state index in [0.717, 1.165) is 4.68 Å². The molecule has 7 heteroatoms. The minimum Gasteiger partial charge on any atom is -0.396 e. The second-order valence-corrected chi connectivity index (χ2v) is 4.65. The van der Waals surface area contributed by atoms with Crippen molar-refractivity contribution in [3.8, 4) is 11.3 Å². The van der Waals surface area contributed by atoms with Crippen molar-refractivity contribution in [1.29, 1.82) is 0 Å². The summed E-state index contributed by atoms with van der Waals surface area (Å²) in [6.45, 7) is -0.118. The van der Waals surface area contributed by atoms with Gasteiger partial charge in [-0.05, 0) is 24.6 Å². The third-order valence-corrected chi connectivity index (χ3v) is 3.29. The summed E-state index contributed by atoms with van der Waals surface area (Å²) in [7, 11) is 1.48. The number of aliphatic hydroxyl groups excluding tert-OH is 1. The van der Waals surface area contributed by atoms with Crippen molar-refractivity contribution in [3.63, 3.8) is 0 Å². The maximum Gasteiger partial charge on any atom is 0.289 e. The Bertz CT molecular complexity index is 728. The molecule has 1 heterocycles. The normalized spacial score (nSPS) is 10.9. The second kappa shape index (κ2) is 6.02. The fourth-order valence-electron chi connectivity index (χ4n) is 2.16. The molecule has 112 valence electrons. The van der Waals surface area contributed by atoms with Crippen molar-refractivity contribution in [2.45, 2.75) is 13.0 Å². The maximum absolute atomic E-state index is 13.5. The Kier molecular flexibility index (Phi) is 4.35. The third kappa shape index (κ3) is 2.79. The number of aliphatic hydroxyl groups is 1. The van der Waals surface area contributed by atoms with Crippen LogP contribution in [0.3, 0.4) is 0 Å². The van der Waals surface area contributed by atoms with Crippen molar-refractivity contribution in [2.75, 3.05) is 12.3 Å². The lowest BCUT2D eigenvalue weighted by Gasteiger charge is -2.13. The Morgan fingerprint density at radius 2 is 2.14 bits per heavy atom. The van der Waals surface area contributed by atoms with Crippen LogP contribution >= 0.6 is 0 Å². The third-order valence-electron chi connectivity index (χ3n) is 3.29. The summed E-state index contributed by atoms with van der Waals surface area (Å²) >= 11 is 0. The summed E-state index contributed by atoms with van der Waals surface area (Å²) in [5.41, 5.74) is 12.8. The number of hydrogen-bond donors (Lipinski definition) is 3. The summed E-state index contributed by atoms with van der Waals surface area (Å²) in [4.78, 5) is 11.8. The summed E-state index contributed by atoms with van der Waals surface area (Å²) < 4.78 is 14.7. The number of halogens is 1. The molecule has 0 aliphatic heterocycles. The lowest BCUT2D eigenvalue weighted by atomic mass is 10.0. The van der Waals surface area contributed by atoms with Gasteiger partial charge < -0.3 is 16.6 Å².